The van der Waals surface area contributed by atoms with Crippen molar-refractivity contribution in [3.05, 3.63) is 29.3 Å². The molecular weight excluding hydrogens is 252 g/mol. The van der Waals surface area contributed by atoms with Gasteiger partial charge in [-0.3, -0.25) is 4.79 Å². The number of nitrogens with zero attached hydrogens (tertiary/aromatic N) is 1. The number of anilines is 1. The summed E-state index contributed by atoms with van der Waals surface area (Å²) in [5, 5.41) is 13.2. The number of carbonyl (C=O) groups excluding carboxylic acids is 1. The molecule has 0 unspecified atom stereocenters. The molecule has 0 radical (unpaired) electrons. The molecule has 0 spiro atoms. The average molecular weight is 276 g/mol. The highest BCUT2D eigenvalue weighted by Crippen LogP contribution is 2.25. The van der Waals surface area contributed by atoms with Crippen molar-refractivity contribution < 1.29 is 9.90 Å². The van der Waals surface area contributed by atoms with Crippen molar-refractivity contribution in [2.24, 2.45) is 0 Å². The van der Waals surface area contributed by atoms with Crippen LogP contribution in [0.3, 0.4) is 0 Å². The van der Waals surface area contributed by atoms with Crippen LogP contribution >= 0.6 is 0 Å². The van der Waals surface area contributed by atoms with E-state index in [4.69, 9.17) is 0 Å². The van der Waals surface area contributed by atoms with E-state index >= 15 is 0 Å². The number of rotatable bonds is 3. The van der Waals surface area contributed by atoms with Crippen LogP contribution in [-0.2, 0) is 0 Å². The van der Waals surface area contributed by atoms with E-state index in [-0.39, 0.29) is 5.91 Å². The van der Waals surface area contributed by atoms with Crippen molar-refractivity contribution in [2.75, 3.05) is 25.0 Å². The summed E-state index contributed by atoms with van der Waals surface area (Å²) in [6.07, 6.45) is 1.28. The van der Waals surface area contributed by atoms with E-state index in [1.807, 2.05) is 43.9 Å². The summed E-state index contributed by atoms with van der Waals surface area (Å²) >= 11 is 0. The third-order valence-electron chi connectivity index (χ3n) is 3.90. The molecule has 1 saturated heterocycles. The average Bonchev–Trinajstić information content (AvgIpc) is 2.40. The Morgan fingerprint density at radius 2 is 2.05 bits per heavy atom. The van der Waals surface area contributed by atoms with Crippen LogP contribution in [-0.4, -0.2) is 41.1 Å². The van der Waals surface area contributed by atoms with Crippen LogP contribution in [0.25, 0.3) is 0 Å². The molecule has 0 atom stereocenters. The molecule has 2 rings (SSSR count). The van der Waals surface area contributed by atoms with Gasteiger partial charge in [0.25, 0.3) is 5.91 Å². The van der Waals surface area contributed by atoms with Crippen molar-refractivity contribution in [1.82, 2.24) is 4.90 Å². The highest BCUT2D eigenvalue weighted by atomic mass is 16.3. The van der Waals surface area contributed by atoms with Gasteiger partial charge in [-0.05, 0) is 45.7 Å². The zero-order chi connectivity index (χ0) is 14.8. The lowest BCUT2D eigenvalue weighted by Crippen LogP contribution is -2.45. The fourth-order valence-electron chi connectivity index (χ4n) is 2.54. The molecule has 0 saturated carbocycles. The number of likely N-dealkylation sites (tertiary alicyclic amines) is 1. The second-order valence-electron chi connectivity index (χ2n) is 5.87. The number of hydrogen-bond donors (Lipinski definition) is 2. The first kappa shape index (κ1) is 14.9. The molecule has 1 heterocycles. The van der Waals surface area contributed by atoms with Gasteiger partial charge in [0.2, 0.25) is 0 Å². The van der Waals surface area contributed by atoms with Crippen molar-refractivity contribution in [3.8, 4) is 0 Å². The first-order chi connectivity index (χ1) is 9.43. The van der Waals surface area contributed by atoms with Gasteiger partial charge in [0, 0.05) is 25.3 Å². The standard InChI is InChI=1S/C16H24N2O2/c1-4-17-14-6-5-12(2)11-13(14)15(19)18-9-7-16(3,20)8-10-18/h5-6,11,17,20H,4,7-10H2,1-3H3. The van der Waals surface area contributed by atoms with E-state index in [0.29, 0.717) is 25.9 Å². The van der Waals surface area contributed by atoms with Gasteiger partial charge in [-0.25, -0.2) is 0 Å². The van der Waals surface area contributed by atoms with E-state index in [0.717, 1.165) is 23.4 Å². The van der Waals surface area contributed by atoms with Crippen molar-refractivity contribution in [2.45, 2.75) is 39.2 Å². The Hall–Kier alpha value is -1.55. The monoisotopic (exact) mass is 276 g/mol. The molecule has 4 heteroatoms. The van der Waals surface area contributed by atoms with E-state index in [1.54, 1.807) is 0 Å². The summed E-state index contributed by atoms with van der Waals surface area (Å²) in [4.78, 5) is 14.5. The molecule has 110 valence electrons. The summed E-state index contributed by atoms with van der Waals surface area (Å²) in [5.41, 5.74) is 2.07. The number of aryl methyl sites for hydroxylation is 1. The Morgan fingerprint density at radius 1 is 1.40 bits per heavy atom. The lowest BCUT2D eigenvalue weighted by molar-refractivity contribution is -0.00199. The number of piperidine rings is 1. The predicted octanol–water partition coefficient (Wildman–Crippen LogP) is 2.41. The molecule has 1 amide bonds. The molecule has 0 aromatic heterocycles. The van der Waals surface area contributed by atoms with Crippen LogP contribution in [0.5, 0.6) is 0 Å². The van der Waals surface area contributed by atoms with Gasteiger partial charge in [-0.2, -0.15) is 0 Å². The van der Waals surface area contributed by atoms with Crippen LogP contribution in [0, 0.1) is 6.92 Å². The molecule has 4 nitrogen and oxygen atoms in total. The second-order valence-corrected chi connectivity index (χ2v) is 5.87. The van der Waals surface area contributed by atoms with E-state index < -0.39 is 5.60 Å². The predicted molar refractivity (Wildman–Crippen MR) is 81.1 cm³/mol. The Morgan fingerprint density at radius 3 is 2.65 bits per heavy atom. The number of amides is 1. The molecular formula is C16H24N2O2. The fourth-order valence-corrected chi connectivity index (χ4v) is 2.54. The zero-order valence-corrected chi connectivity index (χ0v) is 12.6. The van der Waals surface area contributed by atoms with Crippen LogP contribution < -0.4 is 5.32 Å². The SMILES string of the molecule is CCNc1ccc(C)cc1C(=O)N1CCC(C)(O)CC1. The molecule has 1 aromatic rings. The van der Waals surface area contributed by atoms with Crippen LogP contribution in [0.1, 0.15) is 42.6 Å². The van der Waals surface area contributed by atoms with Crippen LogP contribution in [0.4, 0.5) is 5.69 Å². The second kappa shape index (κ2) is 5.83. The third-order valence-corrected chi connectivity index (χ3v) is 3.90. The fraction of sp³-hybridized carbons (Fsp3) is 0.562. The summed E-state index contributed by atoms with van der Waals surface area (Å²) < 4.78 is 0. The Balaban J connectivity index is 2.18. The zero-order valence-electron chi connectivity index (χ0n) is 12.6. The molecule has 1 aliphatic rings. The smallest absolute Gasteiger partial charge is 0.255 e. The maximum Gasteiger partial charge on any atom is 0.255 e. The first-order valence-electron chi connectivity index (χ1n) is 7.29. The van der Waals surface area contributed by atoms with Crippen LogP contribution in [0.15, 0.2) is 18.2 Å². The van der Waals surface area contributed by atoms with Gasteiger partial charge in [0.1, 0.15) is 0 Å². The maximum atomic E-state index is 12.7. The molecule has 1 aliphatic heterocycles. The maximum absolute atomic E-state index is 12.7. The van der Waals surface area contributed by atoms with E-state index in [1.165, 1.54) is 0 Å². The largest absolute Gasteiger partial charge is 0.390 e. The minimum Gasteiger partial charge on any atom is -0.390 e. The summed E-state index contributed by atoms with van der Waals surface area (Å²) in [6, 6.07) is 5.91. The van der Waals surface area contributed by atoms with Gasteiger partial charge in [-0.1, -0.05) is 11.6 Å². The minimum absolute atomic E-state index is 0.0557. The third kappa shape index (κ3) is 3.31. The number of carbonyl (C=O) groups is 1. The molecule has 1 aromatic carbocycles. The van der Waals surface area contributed by atoms with Gasteiger partial charge in [0.05, 0.1) is 11.2 Å². The van der Waals surface area contributed by atoms with Gasteiger partial charge in [0.15, 0.2) is 0 Å². The Kier molecular flexibility index (Phi) is 4.33. The topological polar surface area (TPSA) is 52.6 Å². The number of nitrogens with one attached hydrogen (secondary N) is 1. The van der Waals surface area contributed by atoms with E-state index in [2.05, 4.69) is 5.32 Å². The lowest BCUT2D eigenvalue weighted by atomic mass is 9.93. The number of benzene rings is 1. The summed E-state index contributed by atoms with van der Waals surface area (Å²) in [7, 11) is 0. The normalized spacial score (nSPS) is 17.9. The van der Waals surface area contributed by atoms with Crippen LogP contribution in [0.2, 0.25) is 0 Å². The van der Waals surface area contributed by atoms with Crippen molar-refractivity contribution >= 4 is 11.6 Å². The molecule has 1 fully saturated rings. The minimum atomic E-state index is -0.631. The molecule has 0 bridgehead atoms. The highest BCUT2D eigenvalue weighted by Gasteiger charge is 2.30. The van der Waals surface area contributed by atoms with E-state index in [9.17, 15) is 9.90 Å². The summed E-state index contributed by atoms with van der Waals surface area (Å²) in [6.45, 7) is 7.87. The highest BCUT2D eigenvalue weighted by molar-refractivity contribution is 5.99. The molecule has 20 heavy (non-hydrogen) atoms. The van der Waals surface area contributed by atoms with Crippen molar-refractivity contribution in [3.63, 3.8) is 0 Å². The quantitative estimate of drug-likeness (QED) is 0.891. The first-order valence-corrected chi connectivity index (χ1v) is 7.29. The number of aliphatic hydroxyl groups is 1. The lowest BCUT2D eigenvalue weighted by Gasteiger charge is -2.36. The van der Waals surface area contributed by atoms with Gasteiger partial charge < -0.3 is 15.3 Å². The Labute approximate surface area is 120 Å². The summed E-state index contributed by atoms with van der Waals surface area (Å²) in [5.74, 6) is 0.0557. The van der Waals surface area contributed by atoms with Crippen molar-refractivity contribution in [1.29, 1.82) is 0 Å². The molecule has 0 aliphatic carbocycles. The number of hydrogen-bond acceptors (Lipinski definition) is 3. The van der Waals surface area contributed by atoms with Gasteiger partial charge in [-0.15, -0.1) is 0 Å². The Bertz CT molecular complexity index is 487. The van der Waals surface area contributed by atoms with Gasteiger partial charge >= 0.3 is 0 Å². The molecule has 2 N–H and O–H groups in total.